The summed E-state index contributed by atoms with van der Waals surface area (Å²) in [6, 6.07) is 13.6. The van der Waals surface area contributed by atoms with Crippen LogP contribution in [-0.2, 0) is 0 Å². The summed E-state index contributed by atoms with van der Waals surface area (Å²) in [7, 11) is 2.10. The monoisotopic (exact) mass is 472 g/mol. The van der Waals surface area contributed by atoms with Crippen LogP contribution in [0, 0.1) is 19.3 Å². The topological polar surface area (TPSA) is 111 Å². The molecular formula is C27H34N7O+. The van der Waals surface area contributed by atoms with Crippen molar-refractivity contribution < 1.29 is 10.1 Å². The van der Waals surface area contributed by atoms with Gasteiger partial charge in [0.2, 0.25) is 0 Å². The Morgan fingerprint density at radius 2 is 1.97 bits per heavy atom. The van der Waals surface area contributed by atoms with E-state index in [9.17, 15) is 4.79 Å². The van der Waals surface area contributed by atoms with Crippen LogP contribution in [0.2, 0.25) is 0 Å². The first-order valence-corrected chi connectivity index (χ1v) is 11.8. The van der Waals surface area contributed by atoms with Crippen LogP contribution in [0.4, 0.5) is 22.0 Å². The van der Waals surface area contributed by atoms with Gasteiger partial charge in [-0.1, -0.05) is 24.3 Å². The Labute approximate surface area is 206 Å². The van der Waals surface area contributed by atoms with Crippen molar-refractivity contribution in [3.8, 4) is 0 Å². The number of aryl methyl sites for hydroxylation is 2. The van der Waals surface area contributed by atoms with E-state index in [1.807, 2.05) is 30.4 Å². The van der Waals surface area contributed by atoms with E-state index in [1.165, 1.54) is 17.3 Å². The fourth-order valence-corrected chi connectivity index (χ4v) is 4.85. The number of nitrogens with two attached hydrogens (primary N) is 1. The number of carbonyl (C=O) groups is 1. The van der Waals surface area contributed by atoms with Crippen molar-refractivity contribution in [3.63, 3.8) is 0 Å². The fourth-order valence-electron chi connectivity index (χ4n) is 4.85. The second kappa shape index (κ2) is 9.93. The lowest BCUT2D eigenvalue weighted by Gasteiger charge is -2.35. The maximum Gasteiger partial charge on any atom is 0.320 e. The third kappa shape index (κ3) is 5.23. The van der Waals surface area contributed by atoms with Crippen molar-refractivity contribution >= 4 is 29.4 Å². The Balaban J connectivity index is 1.51. The van der Waals surface area contributed by atoms with Crippen molar-refractivity contribution in [3.05, 3.63) is 77.2 Å². The van der Waals surface area contributed by atoms with Gasteiger partial charge in [-0.2, -0.15) is 0 Å². The minimum atomic E-state index is -0.304. The van der Waals surface area contributed by atoms with Gasteiger partial charge in [-0.05, 0) is 51.9 Å². The number of likely N-dealkylation sites (N-methyl/N-ethyl adjacent to an activating group) is 1. The molecule has 1 aliphatic heterocycles. The molecule has 3 aromatic rings. The highest BCUT2D eigenvalue weighted by Crippen LogP contribution is 2.39. The van der Waals surface area contributed by atoms with E-state index < -0.39 is 0 Å². The zero-order chi connectivity index (χ0) is 25.2. The average Bonchev–Trinajstić information content (AvgIpc) is 3.03. The largest absolute Gasteiger partial charge is 0.333 e. The normalized spacial score (nSPS) is 19.3. The summed E-state index contributed by atoms with van der Waals surface area (Å²) in [5.41, 5.74) is 5.63. The lowest BCUT2D eigenvalue weighted by Crippen LogP contribution is -2.71. The zero-order valence-electron chi connectivity index (χ0n) is 21.0. The van der Waals surface area contributed by atoms with Crippen LogP contribution < -0.4 is 16.0 Å². The van der Waals surface area contributed by atoms with Crippen molar-refractivity contribution in [1.29, 1.82) is 5.41 Å². The summed E-state index contributed by atoms with van der Waals surface area (Å²) >= 11 is 0. The molecule has 2 atom stereocenters. The molecular weight excluding hydrogens is 438 g/mol. The van der Waals surface area contributed by atoms with E-state index in [-0.39, 0.29) is 23.5 Å². The molecule has 0 saturated carbocycles. The molecule has 5 N–H and O–H groups in total. The predicted octanol–water partition coefficient (Wildman–Crippen LogP) is 3.62. The standard InChI is InChI=1S/C27H33N7O/c1-17-8-6-7-9-21(17)22-16-34(5)27(3,4)25(22)33-26(35)32-24-13-19(14-28)23(15-30-24)31-20-10-11-29-18(2)12-20/h6-15,22,25,28H,16H2,1-5H3,(H,29,31)(H2,30,32,33,35)/p+1/t22-,25-/m0/s1. The fraction of sp³-hybridized carbons (Fsp3) is 0.333. The molecule has 4 rings (SSSR count). The van der Waals surface area contributed by atoms with Crippen LogP contribution in [0.1, 0.15) is 42.1 Å². The van der Waals surface area contributed by atoms with Gasteiger partial charge in [-0.15, -0.1) is 0 Å². The molecule has 1 fully saturated rings. The minimum Gasteiger partial charge on any atom is -0.333 e. The third-order valence-corrected chi connectivity index (χ3v) is 7.10. The van der Waals surface area contributed by atoms with Gasteiger partial charge >= 0.3 is 6.03 Å². The number of urea groups is 1. The molecule has 0 aliphatic carbocycles. The van der Waals surface area contributed by atoms with E-state index in [0.29, 0.717) is 11.4 Å². The molecule has 1 aromatic carbocycles. The average molecular weight is 473 g/mol. The molecule has 0 spiro atoms. The van der Waals surface area contributed by atoms with Crippen molar-refractivity contribution in [2.75, 3.05) is 18.9 Å². The number of likely N-dealkylation sites (tertiary alicyclic amines) is 1. The molecule has 182 valence electrons. The van der Waals surface area contributed by atoms with Gasteiger partial charge in [-0.3, -0.25) is 20.5 Å². The third-order valence-electron chi connectivity index (χ3n) is 7.10. The number of rotatable bonds is 6. The maximum atomic E-state index is 13.1. The summed E-state index contributed by atoms with van der Waals surface area (Å²) < 4.78 is 0. The van der Waals surface area contributed by atoms with Crippen molar-refractivity contribution in [2.45, 2.75) is 45.2 Å². The summed E-state index contributed by atoms with van der Waals surface area (Å²) in [5.74, 6) is 0.577. The molecule has 0 unspecified atom stereocenters. The Kier molecular flexibility index (Phi) is 6.95. The Bertz CT molecular complexity index is 1240. The Morgan fingerprint density at radius 1 is 1.20 bits per heavy atom. The smallest absolute Gasteiger partial charge is 0.320 e. The first kappa shape index (κ1) is 24.5. The van der Waals surface area contributed by atoms with Crippen LogP contribution in [0.3, 0.4) is 0 Å². The Hall–Kier alpha value is -3.62. The number of benzene rings is 1. The number of hydrogen-bond acceptors (Lipinski definition) is 5. The number of amides is 2. The number of nitrogens with zero attached hydrogens (tertiary/aromatic N) is 3. The molecule has 8 nitrogen and oxygen atoms in total. The van der Waals surface area contributed by atoms with E-state index in [2.05, 4.69) is 71.5 Å². The predicted molar refractivity (Wildman–Crippen MR) is 139 cm³/mol. The van der Waals surface area contributed by atoms with Gasteiger partial charge in [-0.25, -0.2) is 9.78 Å². The Morgan fingerprint density at radius 3 is 2.69 bits per heavy atom. The summed E-state index contributed by atoms with van der Waals surface area (Å²) in [5, 5.41) is 15.9. The summed E-state index contributed by atoms with van der Waals surface area (Å²) in [6.45, 7) is 9.23. The number of carbonyl (C=O) groups excluding carboxylic acids is 1. The molecule has 2 amide bonds. The van der Waals surface area contributed by atoms with Crippen molar-refractivity contribution in [2.24, 2.45) is 0 Å². The van der Waals surface area contributed by atoms with Gasteiger partial charge < -0.3 is 10.7 Å². The number of anilines is 1. The molecule has 2 aromatic heterocycles. The summed E-state index contributed by atoms with van der Waals surface area (Å²) in [4.78, 5) is 24.0. The molecule has 1 saturated heterocycles. The molecule has 8 heteroatoms. The van der Waals surface area contributed by atoms with Gasteiger partial charge in [0.1, 0.15) is 11.5 Å². The van der Waals surface area contributed by atoms with Gasteiger partial charge in [0.25, 0.3) is 0 Å². The highest BCUT2D eigenvalue weighted by atomic mass is 16.2. The molecule has 3 heterocycles. The molecule has 0 bridgehead atoms. The van der Waals surface area contributed by atoms with E-state index in [1.54, 1.807) is 18.5 Å². The molecule has 0 radical (unpaired) electrons. The number of pyridine rings is 2. The van der Waals surface area contributed by atoms with Gasteiger partial charge in [0.05, 0.1) is 17.8 Å². The highest BCUT2D eigenvalue weighted by molar-refractivity contribution is 5.91. The van der Waals surface area contributed by atoms with Crippen LogP contribution in [0.25, 0.3) is 0 Å². The minimum absolute atomic E-state index is 0.0849. The number of quaternary nitrogens is 1. The van der Waals surface area contributed by atoms with E-state index in [4.69, 9.17) is 5.41 Å². The van der Waals surface area contributed by atoms with Crippen LogP contribution in [0.15, 0.2) is 54.9 Å². The highest BCUT2D eigenvalue weighted by Gasteiger charge is 2.47. The van der Waals surface area contributed by atoms with Crippen LogP contribution in [-0.4, -0.2) is 52.3 Å². The van der Waals surface area contributed by atoms with Crippen molar-refractivity contribution in [1.82, 2.24) is 20.2 Å². The van der Waals surface area contributed by atoms with Gasteiger partial charge in [0.15, 0.2) is 5.69 Å². The number of hydrogen-bond donors (Lipinski definition) is 4. The maximum absolute atomic E-state index is 13.1. The lowest BCUT2D eigenvalue weighted by atomic mass is 9.83. The SMILES string of the molecule is Cc1cc([NH2+]c2cnc(NC(=O)N[C@H]3[C@H](c4ccccc4C)CN(C)C3(C)C)cc2C=N)ccn1. The van der Waals surface area contributed by atoms with E-state index in [0.717, 1.165) is 23.6 Å². The number of aromatic nitrogens is 2. The first-order valence-electron chi connectivity index (χ1n) is 11.8. The zero-order valence-corrected chi connectivity index (χ0v) is 21.0. The second-order valence-electron chi connectivity index (χ2n) is 9.79. The summed E-state index contributed by atoms with van der Waals surface area (Å²) in [6.07, 6.45) is 4.70. The first-order chi connectivity index (χ1) is 16.7. The quantitative estimate of drug-likeness (QED) is 0.411. The van der Waals surface area contributed by atoms with Crippen LogP contribution in [0.5, 0.6) is 0 Å². The van der Waals surface area contributed by atoms with Gasteiger partial charge in [0, 0.05) is 48.2 Å². The number of nitrogens with one attached hydrogen (secondary N) is 3. The van der Waals surface area contributed by atoms with Crippen LogP contribution >= 0.6 is 0 Å². The molecule has 35 heavy (non-hydrogen) atoms. The van der Waals surface area contributed by atoms with E-state index >= 15 is 0 Å². The second-order valence-corrected chi connectivity index (χ2v) is 9.79. The molecule has 1 aliphatic rings. The lowest BCUT2D eigenvalue weighted by molar-refractivity contribution is -0.479.